The first kappa shape index (κ1) is 22.5. The lowest BCUT2D eigenvalue weighted by Crippen LogP contribution is -2.27. The van der Waals surface area contributed by atoms with E-state index in [1.807, 2.05) is 59.2 Å². The third kappa shape index (κ3) is 5.40. The van der Waals surface area contributed by atoms with E-state index in [4.69, 9.17) is 4.74 Å². The molecule has 0 spiro atoms. The van der Waals surface area contributed by atoms with Gasteiger partial charge in [-0.15, -0.1) is 10.2 Å². The zero-order valence-corrected chi connectivity index (χ0v) is 19.1. The quantitative estimate of drug-likeness (QED) is 0.351. The third-order valence-electron chi connectivity index (χ3n) is 5.08. The van der Waals surface area contributed by atoms with E-state index < -0.39 is 0 Å². The number of hydrogen-bond acceptors (Lipinski definition) is 5. The lowest BCUT2D eigenvalue weighted by molar-refractivity contribution is -0.127. The minimum absolute atomic E-state index is 0.0603. The van der Waals surface area contributed by atoms with Crippen molar-refractivity contribution in [3.63, 3.8) is 0 Å². The molecular formula is C25H23FN4O2S. The van der Waals surface area contributed by atoms with Crippen LogP contribution in [0, 0.1) is 5.82 Å². The van der Waals surface area contributed by atoms with Crippen LogP contribution in [0.2, 0.25) is 0 Å². The Bertz CT molecular complexity index is 1210. The smallest absolute Gasteiger partial charge is 0.233 e. The molecule has 0 atom stereocenters. The van der Waals surface area contributed by atoms with Gasteiger partial charge in [0.15, 0.2) is 11.0 Å². The van der Waals surface area contributed by atoms with Gasteiger partial charge in [-0.1, -0.05) is 54.2 Å². The Hall–Kier alpha value is -3.65. The first-order chi connectivity index (χ1) is 16.0. The van der Waals surface area contributed by atoms with Crippen molar-refractivity contribution in [1.82, 2.24) is 19.7 Å². The number of rotatable bonds is 8. The van der Waals surface area contributed by atoms with Gasteiger partial charge in [0.1, 0.15) is 11.6 Å². The molecule has 0 N–H and O–H groups in total. The van der Waals surface area contributed by atoms with Crippen molar-refractivity contribution < 1.29 is 13.9 Å². The highest BCUT2D eigenvalue weighted by molar-refractivity contribution is 7.99. The van der Waals surface area contributed by atoms with Gasteiger partial charge in [-0.3, -0.25) is 9.36 Å². The fourth-order valence-electron chi connectivity index (χ4n) is 3.29. The van der Waals surface area contributed by atoms with Gasteiger partial charge in [-0.05, 0) is 42.0 Å². The van der Waals surface area contributed by atoms with Gasteiger partial charge in [0.05, 0.1) is 12.9 Å². The highest BCUT2D eigenvalue weighted by Crippen LogP contribution is 2.29. The lowest BCUT2D eigenvalue weighted by atomic mass is 10.2. The van der Waals surface area contributed by atoms with Gasteiger partial charge in [-0.25, -0.2) is 4.39 Å². The molecule has 0 fully saturated rings. The van der Waals surface area contributed by atoms with Crippen LogP contribution >= 0.6 is 11.8 Å². The molecule has 6 nitrogen and oxygen atoms in total. The van der Waals surface area contributed by atoms with Crippen LogP contribution in [0.3, 0.4) is 0 Å². The number of aromatic nitrogens is 3. The second-order valence-corrected chi connectivity index (χ2v) is 8.31. The maximum Gasteiger partial charge on any atom is 0.233 e. The molecule has 8 heteroatoms. The number of benzene rings is 3. The van der Waals surface area contributed by atoms with Crippen LogP contribution in [-0.4, -0.2) is 45.5 Å². The second kappa shape index (κ2) is 10.3. The summed E-state index contributed by atoms with van der Waals surface area (Å²) in [7, 11) is 3.36. The van der Waals surface area contributed by atoms with Crippen LogP contribution in [0.4, 0.5) is 4.39 Å². The number of methoxy groups -OCH3 is 1. The summed E-state index contributed by atoms with van der Waals surface area (Å²) in [6, 6.07) is 23.5. The van der Waals surface area contributed by atoms with Crippen LogP contribution in [-0.2, 0) is 11.3 Å². The van der Waals surface area contributed by atoms with E-state index in [-0.39, 0.29) is 17.5 Å². The maximum atomic E-state index is 13.1. The highest BCUT2D eigenvalue weighted by atomic mass is 32.2. The molecule has 33 heavy (non-hydrogen) atoms. The summed E-state index contributed by atoms with van der Waals surface area (Å²) in [5.41, 5.74) is 2.66. The molecular weight excluding hydrogens is 439 g/mol. The van der Waals surface area contributed by atoms with Gasteiger partial charge >= 0.3 is 0 Å². The van der Waals surface area contributed by atoms with Gasteiger partial charge in [0.2, 0.25) is 5.91 Å². The number of amides is 1. The fraction of sp³-hybridized carbons (Fsp3) is 0.160. The van der Waals surface area contributed by atoms with Crippen molar-refractivity contribution in [3.8, 4) is 22.8 Å². The van der Waals surface area contributed by atoms with Gasteiger partial charge < -0.3 is 9.64 Å². The van der Waals surface area contributed by atoms with E-state index in [2.05, 4.69) is 10.2 Å². The number of halogens is 1. The Morgan fingerprint density at radius 2 is 1.70 bits per heavy atom. The number of carbonyl (C=O) groups is 1. The lowest BCUT2D eigenvalue weighted by Gasteiger charge is -2.17. The zero-order chi connectivity index (χ0) is 23.2. The van der Waals surface area contributed by atoms with E-state index >= 15 is 0 Å². The van der Waals surface area contributed by atoms with Crippen molar-refractivity contribution >= 4 is 17.7 Å². The molecule has 168 valence electrons. The average Bonchev–Trinajstić information content (AvgIpc) is 3.28. The van der Waals surface area contributed by atoms with Crippen LogP contribution in [0.15, 0.2) is 84.0 Å². The Balaban J connectivity index is 1.55. The average molecular weight is 463 g/mol. The van der Waals surface area contributed by atoms with Crippen LogP contribution in [0.1, 0.15) is 5.56 Å². The monoisotopic (exact) mass is 462 g/mol. The molecule has 0 saturated carbocycles. The fourth-order valence-corrected chi connectivity index (χ4v) is 4.18. The molecule has 0 bridgehead atoms. The second-order valence-electron chi connectivity index (χ2n) is 7.37. The van der Waals surface area contributed by atoms with Crippen molar-refractivity contribution in [2.45, 2.75) is 11.7 Å². The molecule has 1 aromatic heterocycles. The molecule has 0 aliphatic rings. The SMILES string of the molecule is COc1ccc(-n2c(SCC(=O)N(C)Cc3ccc(F)cc3)nnc2-c2ccccc2)cc1. The summed E-state index contributed by atoms with van der Waals surface area (Å²) in [6.07, 6.45) is 0. The molecule has 1 amide bonds. The zero-order valence-electron chi connectivity index (χ0n) is 18.3. The minimum atomic E-state index is -0.296. The van der Waals surface area contributed by atoms with Gasteiger partial charge in [0, 0.05) is 24.8 Å². The molecule has 0 radical (unpaired) electrons. The van der Waals surface area contributed by atoms with E-state index in [1.165, 1.54) is 23.9 Å². The number of ether oxygens (including phenoxy) is 1. The first-order valence-corrected chi connectivity index (χ1v) is 11.3. The number of thioether (sulfide) groups is 1. The summed E-state index contributed by atoms with van der Waals surface area (Å²) in [4.78, 5) is 14.4. The summed E-state index contributed by atoms with van der Waals surface area (Å²) >= 11 is 1.32. The summed E-state index contributed by atoms with van der Waals surface area (Å²) in [5.74, 6) is 1.28. The molecule has 4 aromatic rings. The summed E-state index contributed by atoms with van der Waals surface area (Å²) in [5, 5.41) is 9.39. The Morgan fingerprint density at radius 3 is 2.36 bits per heavy atom. The third-order valence-corrected chi connectivity index (χ3v) is 5.99. The summed E-state index contributed by atoms with van der Waals surface area (Å²) in [6.45, 7) is 0.403. The predicted molar refractivity (Wildman–Crippen MR) is 127 cm³/mol. The normalized spacial score (nSPS) is 10.8. The molecule has 4 rings (SSSR count). The maximum absolute atomic E-state index is 13.1. The van der Waals surface area contributed by atoms with Crippen molar-refractivity contribution in [1.29, 1.82) is 0 Å². The van der Waals surface area contributed by atoms with Crippen LogP contribution in [0.25, 0.3) is 17.1 Å². The van der Waals surface area contributed by atoms with Gasteiger partial charge in [-0.2, -0.15) is 0 Å². The van der Waals surface area contributed by atoms with Crippen LogP contribution < -0.4 is 4.74 Å². The van der Waals surface area contributed by atoms with Gasteiger partial charge in [0.25, 0.3) is 0 Å². The van der Waals surface area contributed by atoms with E-state index in [1.54, 1.807) is 31.2 Å². The van der Waals surface area contributed by atoms with Crippen molar-refractivity contribution in [2.75, 3.05) is 19.9 Å². The molecule has 0 aliphatic heterocycles. The number of carbonyl (C=O) groups excluding carboxylic acids is 1. The standard InChI is InChI=1S/C25H23FN4O2S/c1-29(16-18-8-10-20(26)11-9-18)23(31)17-33-25-28-27-24(19-6-4-3-5-7-19)30(25)21-12-14-22(32-2)15-13-21/h3-15H,16-17H2,1-2H3. The van der Waals surface area contributed by atoms with E-state index in [0.29, 0.717) is 17.5 Å². The first-order valence-electron chi connectivity index (χ1n) is 10.3. The predicted octanol–water partition coefficient (Wildman–Crippen LogP) is 4.83. The largest absolute Gasteiger partial charge is 0.497 e. The Labute approximate surface area is 196 Å². The van der Waals surface area contributed by atoms with Crippen LogP contribution in [0.5, 0.6) is 5.75 Å². The minimum Gasteiger partial charge on any atom is -0.497 e. The van der Waals surface area contributed by atoms with Crippen molar-refractivity contribution in [3.05, 3.63) is 90.2 Å². The Morgan fingerprint density at radius 1 is 1.00 bits per heavy atom. The number of hydrogen-bond donors (Lipinski definition) is 0. The molecule has 3 aromatic carbocycles. The molecule has 0 unspecified atom stereocenters. The number of nitrogens with zero attached hydrogens (tertiary/aromatic N) is 4. The Kier molecular flexibility index (Phi) is 7.04. The van der Waals surface area contributed by atoms with E-state index in [0.717, 1.165) is 22.6 Å². The molecule has 0 aliphatic carbocycles. The molecule has 1 heterocycles. The van der Waals surface area contributed by atoms with E-state index in [9.17, 15) is 9.18 Å². The summed E-state index contributed by atoms with van der Waals surface area (Å²) < 4.78 is 20.3. The molecule has 0 saturated heterocycles. The highest BCUT2D eigenvalue weighted by Gasteiger charge is 2.18. The van der Waals surface area contributed by atoms with Crippen molar-refractivity contribution in [2.24, 2.45) is 0 Å². The topological polar surface area (TPSA) is 60.2 Å².